The van der Waals surface area contributed by atoms with Gasteiger partial charge in [-0.3, -0.25) is 14.5 Å². The number of alkyl halides is 3. The second-order valence-electron chi connectivity index (χ2n) is 6.08. The highest BCUT2D eigenvalue weighted by atomic mass is 32.2. The third-order valence-electron chi connectivity index (χ3n) is 4.14. The van der Waals surface area contributed by atoms with Crippen molar-refractivity contribution >= 4 is 29.3 Å². The fourth-order valence-electron chi connectivity index (χ4n) is 2.98. The van der Waals surface area contributed by atoms with Gasteiger partial charge in [-0.2, -0.15) is 13.2 Å². The van der Waals surface area contributed by atoms with E-state index < -0.39 is 12.7 Å². The van der Waals surface area contributed by atoms with Gasteiger partial charge in [-0.15, -0.1) is 11.8 Å². The number of thioether (sulfide) groups is 1. The second kappa shape index (κ2) is 7.25. The molecule has 5 nitrogen and oxygen atoms in total. The molecule has 1 N–H and O–H groups in total. The molecule has 0 radical (unpaired) electrons. The van der Waals surface area contributed by atoms with Crippen LogP contribution in [0.5, 0.6) is 0 Å². The molecule has 0 saturated carbocycles. The molecule has 3 rings (SSSR count). The zero-order valence-corrected chi connectivity index (χ0v) is 14.3. The van der Waals surface area contributed by atoms with Crippen LogP contribution in [0.4, 0.5) is 18.9 Å². The molecule has 0 aromatic heterocycles. The van der Waals surface area contributed by atoms with Crippen molar-refractivity contribution in [2.75, 3.05) is 43.8 Å². The average Bonchev–Trinajstić information content (AvgIpc) is 2.77. The van der Waals surface area contributed by atoms with Crippen LogP contribution in [-0.4, -0.2) is 66.3 Å². The number of carbonyl (C=O) groups excluding carboxylic acids is 2. The summed E-state index contributed by atoms with van der Waals surface area (Å²) in [5, 5.41) is 2.74. The number of benzene rings is 1. The van der Waals surface area contributed by atoms with Crippen LogP contribution in [0.2, 0.25) is 0 Å². The van der Waals surface area contributed by atoms with Crippen molar-refractivity contribution in [3.63, 3.8) is 0 Å². The van der Waals surface area contributed by atoms with E-state index in [2.05, 4.69) is 5.32 Å². The van der Waals surface area contributed by atoms with Gasteiger partial charge in [0.15, 0.2) is 0 Å². The van der Waals surface area contributed by atoms with Gasteiger partial charge in [0.05, 0.1) is 18.0 Å². The Morgan fingerprint density at radius 1 is 1.20 bits per heavy atom. The third-order valence-corrected chi connectivity index (χ3v) is 5.21. The van der Waals surface area contributed by atoms with Crippen molar-refractivity contribution in [1.82, 2.24) is 9.80 Å². The highest BCUT2D eigenvalue weighted by Gasteiger charge is 2.32. The Morgan fingerprint density at radius 2 is 2.00 bits per heavy atom. The molecular formula is C16H18F3N3O2S. The smallest absolute Gasteiger partial charge is 0.337 e. The fraction of sp³-hybridized carbons (Fsp3) is 0.500. The highest BCUT2D eigenvalue weighted by Crippen LogP contribution is 2.32. The van der Waals surface area contributed by atoms with Gasteiger partial charge in [0.1, 0.15) is 0 Å². The van der Waals surface area contributed by atoms with E-state index in [-0.39, 0.29) is 24.9 Å². The maximum atomic E-state index is 12.7. The summed E-state index contributed by atoms with van der Waals surface area (Å²) in [7, 11) is 0. The molecule has 1 saturated heterocycles. The molecule has 0 bridgehead atoms. The van der Waals surface area contributed by atoms with Crippen LogP contribution < -0.4 is 5.32 Å². The van der Waals surface area contributed by atoms with Gasteiger partial charge in [0.2, 0.25) is 5.91 Å². The third kappa shape index (κ3) is 4.66. The summed E-state index contributed by atoms with van der Waals surface area (Å²) in [4.78, 5) is 28.0. The van der Waals surface area contributed by atoms with Crippen LogP contribution in [-0.2, 0) is 4.79 Å². The van der Waals surface area contributed by atoms with Gasteiger partial charge in [-0.05, 0) is 24.6 Å². The topological polar surface area (TPSA) is 52.7 Å². The molecule has 1 aromatic carbocycles. The SMILES string of the molecule is O=C1CSc2ccc(C(=O)N3CCCN(CC(F)(F)F)CC3)cc2N1. The first-order chi connectivity index (χ1) is 11.8. The van der Waals surface area contributed by atoms with Crippen LogP contribution >= 0.6 is 11.8 Å². The normalized spacial score (nSPS) is 19.2. The largest absolute Gasteiger partial charge is 0.401 e. The van der Waals surface area contributed by atoms with Crippen LogP contribution in [0, 0.1) is 0 Å². The first kappa shape index (κ1) is 18.1. The van der Waals surface area contributed by atoms with E-state index in [1.54, 1.807) is 23.1 Å². The van der Waals surface area contributed by atoms with E-state index in [1.807, 2.05) is 0 Å². The van der Waals surface area contributed by atoms with Crippen molar-refractivity contribution in [2.45, 2.75) is 17.5 Å². The lowest BCUT2D eigenvalue weighted by Crippen LogP contribution is -2.38. The van der Waals surface area contributed by atoms with Crippen molar-refractivity contribution in [3.05, 3.63) is 23.8 Å². The molecule has 1 fully saturated rings. The van der Waals surface area contributed by atoms with Gasteiger partial charge in [0.25, 0.3) is 5.91 Å². The Hall–Kier alpha value is -1.74. The van der Waals surface area contributed by atoms with Gasteiger partial charge in [-0.25, -0.2) is 0 Å². The molecule has 136 valence electrons. The number of carbonyl (C=O) groups is 2. The molecule has 2 aliphatic rings. The Labute approximate surface area is 147 Å². The van der Waals surface area contributed by atoms with E-state index in [4.69, 9.17) is 0 Å². The zero-order valence-electron chi connectivity index (χ0n) is 13.4. The van der Waals surface area contributed by atoms with Crippen molar-refractivity contribution in [1.29, 1.82) is 0 Å². The number of hydrogen-bond donors (Lipinski definition) is 1. The van der Waals surface area contributed by atoms with E-state index >= 15 is 0 Å². The summed E-state index contributed by atoms with van der Waals surface area (Å²) in [5.41, 5.74) is 1.05. The molecule has 2 heterocycles. The number of anilines is 1. The van der Waals surface area contributed by atoms with Crippen molar-refractivity contribution in [2.24, 2.45) is 0 Å². The minimum absolute atomic E-state index is 0.111. The number of amides is 2. The van der Waals surface area contributed by atoms with Gasteiger partial charge < -0.3 is 10.2 Å². The number of rotatable bonds is 2. The zero-order chi connectivity index (χ0) is 18.0. The predicted octanol–water partition coefficient (Wildman–Crippen LogP) is 2.44. The molecule has 0 atom stereocenters. The summed E-state index contributed by atoms with van der Waals surface area (Å²) in [5.74, 6) is 0.0164. The number of nitrogens with zero attached hydrogens (tertiary/aromatic N) is 2. The van der Waals surface area contributed by atoms with Gasteiger partial charge in [0, 0.05) is 36.6 Å². The summed E-state index contributed by atoms with van der Waals surface area (Å²) in [6.45, 7) is 0.249. The molecule has 25 heavy (non-hydrogen) atoms. The van der Waals surface area contributed by atoms with E-state index in [0.717, 1.165) is 4.90 Å². The molecule has 2 aliphatic heterocycles. The Kier molecular flexibility index (Phi) is 5.24. The summed E-state index contributed by atoms with van der Waals surface area (Å²) < 4.78 is 37.6. The Bertz CT molecular complexity index is 681. The molecular weight excluding hydrogens is 355 g/mol. The first-order valence-electron chi connectivity index (χ1n) is 7.97. The average molecular weight is 373 g/mol. The van der Waals surface area contributed by atoms with Crippen molar-refractivity contribution in [3.8, 4) is 0 Å². The lowest BCUT2D eigenvalue weighted by atomic mass is 10.1. The number of hydrogen-bond acceptors (Lipinski definition) is 4. The quantitative estimate of drug-likeness (QED) is 0.865. The Balaban J connectivity index is 1.67. The van der Waals surface area contributed by atoms with Crippen LogP contribution in [0.1, 0.15) is 16.8 Å². The molecule has 2 amide bonds. The van der Waals surface area contributed by atoms with Gasteiger partial charge in [-0.1, -0.05) is 0 Å². The van der Waals surface area contributed by atoms with E-state index in [9.17, 15) is 22.8 Å². The summed E-state index contributed by atoms with van der Waals surface area (Å²) in [6.07, 6.45) is -3.73. The highest BCUT2D eigenvalue weighted by molar-refractivity contribution is 8.00. The minimum Gasteiger partial charge on any atom is -0.337 e. The van der Waals surface area contributed by atoms with Crippen molar-refractivity contribution < 1.29 is 22.8 Å². The van der Waals surface area contributed by atoms with Gasteiger partial charge >= 0.3 is 6.18 Å². The lowest BCUT2D eigenvalue weighted by Gasteiger charge is -2.23. The monoisotopic (exact) mass is 373 g/mol. The summed E-state index contributed by atoms with van der Waals surface area (Å²) >= 11 is 1.41. The fourth-order valence-corrected chi connectivity index (χ4v) is 3.77. The summed E-state index contributed by atoms with van der Waals surface area (Å²) in [6, 6.07) is 5.13. The van der Waals surface area contributed by atoms with Crippen LogP contribution in [0.3, 0.4) is 0 Å². The lowest BCUT2D eigenvalue weighted by molar-refractivity contribution is -0.145. The number of nitrogens with one attached hydrogen (secondary N) is 1. The molecule has 0 spiro atoms. The van der Waals surface area contributed by atoms with E-state index in [1.165, 1.54) is 16.7 Å². The Morgan fingerprint density at radius 3 is 2.76 bits per heavy atom. The molecule has 1 aromatic rings. The first-order valence-corrected chi connectivity index (χ1v) is 8.95. The second-order valence-corrected chi connectivity index (χ2v) is 7.10. The predicted molar refractivity (Wildman–Crippen MR) is 88.8 cm³/mol. The van der Waals surface area contributed by atoms with Crippen LogP contribution in [0.15, 0.2) is 23.1 Å². The standard InChI is InChI=1S/C16H18F3N3O2S/c17-16(18,19)10-21-4-1-5-22(7-6-21)15(24)11-2-3-13-12(8-11)20-14(23)9-25-13/h2-3,8H,1,4-7,9-10H2,(H,20,23). The van der Waals surface area contributed by atoms with Crippen LogP contribution in [0.25, 0.3) is 0 Å². The maximum Gasteiger partial charge on any atom is 0.401 e. The number of halogens is 3. The molecule has 0 aliphatic carbocycles. The number of fused-ring (bicyclic) bond motifs is 1. The van der Waals surface area contributed by atoms with E-state index in [0.29, 0.717) is 36.5 Å². The maximum absolute atomic E-state index is 12.7. The minimum atomic E-state index is -4.23. The molecule has 0 unspecified atom stereocenters. The molecule has 9 heteroatoms.